The second kappa shape index (κ2) is 4.55. The van der Waals surface area contributed by atoms with E-state index in [1.165, 1.54) is 0 Å². The number of aliphatic hydroxyl groups is 1. The van der Waals surface area contributed by atoms with Gasteiger partial charge in [-0.1, -0.05) is 12.1 Å². The minimum Gasteiger partial charge on any atom is -0.368 e. The molecule has 0 radical (unpaired) electrons. The van der Waals surface area contributed by atoms with E-state index in [1.807, 2.05) is 13.8 Å². The Bertz CT molecular complexity index is 342. The summed E-state index contributed by atoms with van der Waals surface area (Å²) in [5.74, 6) is 1.08. The highest BCUT2D eigenvalue weighted by molar-refractivity contribution is 5.26. The first-order valence-electron chi connectivity index (χ1n) is 5.86. The Kier molecular flexibility index (Phi) is 3.30. The second-order valence-corrected chi connectivity index (χ2v) is 4.59. The van der Waals surface area contributed by atoms with Gasteiger partial charge in [-0.3, -0.25) is 0 Å². The van der Waals surface area contributed by atoms with E-state index in [4.69, 9.17) is 9.26 Å². The van der Waals surface area contributed by atoms with Crippen LogP contribution in [0.1, 0.15) is 49.1 Å². The average molecular weight is 225 g/mol. The first kappa shape index (κ1) is 11.6. The molecule has 0 bridgehead atoms. The Balaban J connectivity index is 2.15. The van der Waals surface area contributed by atoms with Gasteiger partial charge in [0, 0.05) is 11.5 Å². The van der Waals surface area contributed by atoms with E-state index < -0.39 is 6.29 Å². The lowest BCUT2D eigenvalue weighted by molar-refractivity contribution is -0.167. The molecule has 2 heterocycles. The molecule has 4 nitrogen and oxygen atoms in total. The summed E-state index contributed by atoms with van der Waals surface area (Å²) in [6, 6.07) is 0. The molecule has 0 spiro atoms. The van der Waals surface area contributed by atoms with Crippen LogP contribution in [0.2, 0.25) is 0 Å². The molecular formula is C12H19NO3. The molecule has 90 valence electrons. The van der Waals surface area contributed by atoms with E-state index in [0.717, 1.165) is 36.3 Å². The summed E-state index contributed by atoms with van der Waals surface area (Å²) >= 11 is 0. The average Bonchev–Trinajstić information content (AvgIpc) is 2.58. The highest BCUT2D eigenvalue weighted by Crippen LogP contribution is 2.32. The van der Waals surface area contributed by atoms with Gasteiger partial charge in [0.05, 0.1) is 11.8 Å². The maximum Gasteiger partial charge on any atom is 0.154 e. The fraction of sp³-hybridized carbons (Fsp3) is 0.750. The summed E-state index contributed by atoms with van der Waals surface area (Å²) in [4.78, 5) is 0. The topological polar surface area (TPSA) is 55.5 Å². The summed E-state index contributed by atoms with van der Waals surface area (Å²) in [7, 11) is 0. The lowest BCUT2D eigenvalue weighted by Gasteiger charge is -2.31. The van der Waals surface area contributed by atoms with Crippen molar-refractivity contribution in [1.29, 1.82) is 0 Å². The van der Waals surface area contributed by atoms with Crippen LogP contribution < -0.4 is 0 Å². The van der Waals surface area contributed by atoms with Crippen LogP contribution in [0, 0.1) is 13.8 Å². The van der Waals surface area contributed by atoms with Gasteiger partial charge < -0.3 is 14.4 Å². The van der Waals surface area contributed by atoms with Gasteiger partial charge in [-0.25, -0.2) is 0 Å². The van der Waals surface area contributed by atoms with Crippen molar-refractivity contribution in [3.05, 3.63) is 17.0 Å². The van der Waals surface area contributed by atoms with Crippen molar-refractivity contribution in [2.45, 2.75) is 58.3 Å². The van der Waals surface area contributed by atoms with Crippen LogP contribution in [-0.2, 0) is 4.74 Å². The molecule has 1 fully saturated rings. The molecule has 1 saturated heterocycles. The summed E-state index contributed by atoms with van der Waals surface area (Å²) in [5, 5.41) is 13.5. The van der Waals surface area contributed by atoms with Crippen LogP contribution in [0.3, 0.4) is 0 Å². The zero-order valence-electron chi connectivity index (χ0n) is 10.1. The number of ether oxygens (including phenoxy) is 1. The van der Waals surface area contributed by atoms with E-state index >= 15 is 0 Å². The lowest BCUT2D eigenvalue weighted by Crippen LogP contribution is -2.31. The number of aryl methyl sites for hydroxylation is 2. The Morgan fingerprint density at radius 3 is 2.69 bits per heavy atom. The lowest BCUT2D eigenvalue weighted by atomic mass is 9.89. The van der Waals surface area contributed by atoms with E-state index in [0.29, 0.717) is 0 Å². The zero-order chi connectivity index (χ0) is 11.7. The van der Waals surface area contributed by atoms with Gasteiger partial charge in [0.15, 0.2) is 6.29 Å². The fourth-order valence-corrected chi connectivity index (χ4v) is 2.53. The van der Waals surface area contributed by atoms with Crippen molar-refractivity contribution >= 4 is 0 Å². The molecule has 1 aliphatic rings. The van der Waals surface area contributed by atoms with Crippen LogP contribution in [0.15, 0.2) is 4.52 Å². The smallest absolute Gasteiger partial charge is 0.154 e. The van der Waals surface area contributed by atoms with Crippen molar-refractivity contribution in [2.24, 2.45) is 0 Å². The number of hydrogen-bond donors (Lipinski definition) is 1. The maximum absolute atomic E-state index is 9.50. The van der Waals surface area contributed by atoms with Gasteiger partial charge in [0.25, 0.3) is 0 Å². The Hall–Kier alpha value is -0.870. The molecule has 0 aliphatic carbocycles. The van der Waals surface area contributed by atoms with Crippen molar-refractivity contribution in [1.82, 2.24) is 5.16 Å². The van der Waals surface area contributed by atoms with Gasteiger partial charge in [0.1, 0.15) is 5.76 Å². The van der Waals surface area contributed by atoms with Gasteiger partial charge in [-0.2, -0.15) is 0 Å². The van der Waals surface area contributed by atoms with Gasteiger partial charge in [-0.15, -0.1) is 0 Å². The van der Waals surface area contributed by atoms with Gasteiger partial charge >= 0.3 is 0 Å². The molecule has 1 aliphatic heterocycles. The molecule has 1 aromatic heterocycles. The van der Waals surface area contributed by atoms with Crippen LogP contribution in [-0.4, -0.2) is 22.7 Å². The number of aliphatic hydroxyl groups excluding tert-OH is 1. The molecule has 0 aromatic carbocycles. The second-order valence-electron chi connectivity index (χ2n) is 4.59. The molecule has 16 heavy (non-hydrogen) atoms. The fourth-order valence-electron chi connectivity index (χ4n) is 2.53. The van der Waals surface area contributed by atoms with E-state index in [-0.39, 0.29) is 12.0 Å². The monoisotopic (exact) mass is 225 g/mol. The minimum atomic E-state index is -0.610. The number of hydrogen-bond acceptors (Lipinski definition) is 4. The predicted molar refractivity (Wildman–Crippen MR) is 59.1 cm³/mol. The Morgan fingerprint density at radius 1 is 1.38 bits per heavy atom. The highest BCUT2D eigenvalue weighted by Gasteiger charge is 2.29. The molecule has 3 atom stereocenters. The summed E-state index contributed by atoms with van der Waals surface area (Å²) in [5.41, 5.74) is 2.05. The Labute approximate surface area is 95.6 Å². The van der Waals surface area contributed by atoms with Crippen LogP contribution >= 0.6 is 0 Å². The molecule has 4 heteroatoms. The molecule has 2 rings (SSSR count). The molecule has 3 unspecified atom stereocenters. The summed E-state index contributed by atoms with van der Waals surface area (Å²) in [6.07, 6.45) is 2.20. The first-order chi connectivity index (χ1) is 7.59. The summed E-state index contributed by atoms with van der Waals surface area (Å²) < 4.78 is 10.7. The quantitative estimate of drug-likeness (QED) is 0.839. The van der Waals surface area contributed by atoms with Crippen molar-refractivity contribution in [3.63, 3.8) is 0 Å². The normalized spacial score (nSPS) is 28.0. The zero-order valence-corrected chi connectivity index (χ0v) is 10.1. The highest BCUT2D eigenvalue weighted by atomic mass is 16.6. The van der Waals surface area contributed by atoms with E-state index in [2.05, 4.69) is 12.1 Å². The molecule has 0 amide bonds. The molecule has 1 N–H and O–H groups in total. The minimum absolute atomic E-state index is 0.0700. The van der Waals surface area contributed by atoms with Gasteiger partial charge in [-0.05, 0) is 33.1 Å². The third kappa shape index (κ3) is 2.13. The van der Waals surface area contributed by atoms with Gasteiger partial charge in [0.2, 0.25) is 0 Å². The maximum atomic E-state index is 9.50. The van der Waals surface area contributed by atoms with Crippen molar-refractivity contribution < 1.29 is 14.4 Å². The third-order valence-electron chi connectivity index (χ3n) is 3.37. The number of nitrogens with zero attached hydrogens (tertiary/aromatic N) is 1. The molecule has 0 saturated carbocycles. The summed E-state index contributed by atoms with van der Waals surface area (Å²) in [6.45, 7) is 5.97. The first-order valence-corrected chi connectivity index (χ1v) is 5.86. The third-order valence-corrected chi connectivity index (χ3v) is 3.37. The van der Waals surface area contributed by atoms with Crippen LogP contribution in [0.25, 0.3) is 0 Å². The van der Waals surface area contributed by atoms with Crippen LogP contribution in [0.5, 0.6) is 0 Å². The molecule has 1 aromatic rings. The number of rotatable bonds is 2. The van der Waals surface area contributed by atoms with Crippen molar-refractivity contribution in [3.8, 4) is 0 Å². The van der Waals surface area contributed by atoms with Crippen LogP contribution in [0.4, 0.5) is 0 Å². The largest absolute Gasteiger partial charge is 0.368 e. The standard InChI is InChI=1S/C12H19NO3/c1-7(10-5-4-6-11(14)15-10)12-8(2)13-16-9(12)3/h7,10-11,14H,4-6H2,1-3H3. The van der Waals surface area contributed by atoms with Crippen molar-refractivity contribution in [2.75, 3.05) is 0 Å². The predicted octanol–water partition coefficient (Wildman–Crippen LogP) is 2.28. The number of aromatic nitrogens is 1. The molecular weight excluding hydrogens is 206 g/mol. The van der Waals surface area contributed by atoms with E-state index in [1.54, 1.807) is 0 Å². The Morgan fingerprint density at radius 2 is 2.12 bits per heavy atom. The van der Waals surface area contributed by atoms with E-state index in [9.17, 15) is 5.11 Å². The SMILES string of the molecule is Cc1noc(C)c1C(C)C1CCCC(O)O1.